The van der Waals surface area contributed by atoms with Gasteiger partial charge in [0.05, 0.1) is 6.04 Å². The second-order valence-corrected chi connectivity index (χ2v) is 7.75. The first-order valence-corrected chi connectivity index (χ1v) is 8.79. The van der Waals surface area contributed by atoms with Crippen LogP contribution in [-0.4, -0.2) is 42.5 Å². The number of anilines is 1. The van der Waals surface area contributed by atoms with Crippen LogP contribution < -0.4 is 10.6 Å². The number of hydrogen-bond acceptors (Lipinski definition) is 3. The van der Waals surface area contributed by atoms with Gasteiger partial charge in [0.25, 0.3) is 0 Å². The molecule has 1 amide bonds. The predicted molar refractivity (Wildman–Crippen MR) is 94.5 cm³/mol. The fourth-order valence-corrected chi connectivity index (χ4v) is 3.89. The number of carbonyl (C=O) groups excluding carboxylic acids is 1. The van der Waals surface area contributed by atoms with Gasteiger partial charge in [-0.3, -0.25) is 9.69 Å². The van der Waals surface area contributed by atoms with Crippen molar-refractivity contribution in [2.24, 2.45) is 11.1 Å². The molecule has 2 aliphatic heterocycles. The molecule has 0 radical (unpaired) electrons. The Balaban J connectivity index is 1.76. The van der Waals surface area contributed by atoms with E-state index in [0.29, 0.717) is 0 Å². The van der Waals surface area contributed by atoms with Gasteiger partial charge < -0.3 is 10.6 Å². The molecule has 3 rings (SSSR count). The SMILES string of the molecule is CC(C(=O)N1CCCc2ccccc21)N1CCC(N)C(C)(C)C1. The van der Waals surface area contributed by atoms with Crippen molar-refractivity contribution in [2.45, 2.75) is 52.1 Å². The van der Waals surface area contributed by atoms with E-state index in [1.54, 1.807) is 0 Å². The summed E-state index contributed by atoms with van der Waals surface area (Å²) in [5.74, 6) is 0.225. The minimum absolute atomic E-state index is 0.0621. The molecule has 0 aliphatic carbocycles. The Morgan fingerprint density at radius 1 is 1.30 bits per heavy atom. The molecule has 0 aromatic heterocycles. The number of rotatable bonds is 2. The summed E-state index contributed by atoms with van der Waals surface area (Å²) in [7, 11) is 0. The summed E-state index contributed by atoms with van der Waals surface area (Å²) in [6, 6.07) is 8.44. The molecule has 4 heteroatoms. The van der Waals surface area contributed by atoms with Crippen molar-refractivity contribution >= 4 is 11.6 Å². The van der Waals surface area contributed by atoms with Gasteiger partial charge >= 0.3 is 0 Å². The summed E-state index contributed by atoms with van der Waals surface area (Å²) in [6.07, 6.45) is 3.08. The predicted octanol–water partition coefficient (Wildman–Crippen LogP) is 2.41. The minimum atomic E-state index is -0.0899. The van der Waals surface area contributed by atoms with Crippen molar-refractivity contribution < 1.29 is 4.79 Å². The van der Waals surface area contributed by atoms with Crippen molar-refractivity contribution in [3.05, 3.63) is 29.8 Å². The molecule has 4 nitrogen and oxygen atoms in total. The maximum atomic E-state index is 13.1. The highest BCUT2D eigenvalue weighted by atomic mass is 16.2. The van der Waals surface area contributed by atoms with Gasteiger partial charge in [-0.15, -0.1) is 0 Å². The maximum Gasteiger partial charge on any atom is 0.244 e. The molecule has 0 saturated carbocycles. The van der Waals surface area contributed by atoms with E-state index in [0.717, 1.165) is 44.6 Å². The number of nitrogens with zero attached hydrogens (tertiary/aromatic N) is 2. The molecule has 126 valence electrons. The molecule has 2 aliphatic rings. The molecule has 2 unspecified atom stereocenters. The van der Waals surface area contributed by atoms with Crippen LogP contribution in [0.15, 0.2) is 24.3 Å². The van der Waals surface area contributed by atoms with Gasteiger partial charge in [-0.25, -0.2) is 0 Å². The Hall–Kier alpha value is -1.39. The number of fused-ring (bicyclic) bond motifs is 1. The van der Waals surface area contributed by atoms with Crippen LogP contribution in [0.1, 0.15) is 39.2 Å². The van der Waals surface area contributed by atoms with E-state index in [4.69, 9.17) is 5.73 Å². The quantitative estimate of drug-likeness (QED) is 0.912. The molecule has 1 fully saturated rings. The van der Waals surface area contributed by atoms with Gasteiger partial charge in [-0.2, -0.15) is 0 Å². The molecule has 2 heterocycles. The zero-order chi connectivity index (χ0) is 16.6. The largest absolute Gasteiger partial charge is 0.327 e. The number of nitrogens with two attached hydrogens (primary N) is 1. The number of likely N-dealkylation sites (tertiary alicyclic amines) is 1. The average Bonchev–Trinajstić information content (AvgIpc) is 2.55. The van der Waals surface area contributed by atoms with Crippen LogP contribution in [0.5, 0.6) is 0 Å². The normalized spacial score (nSPS) is 25.7. The molecule has 2 N–H and O–H groups in total. The Kier molecular flexibility index (Phi) is 4.47. The van der Waals surface area contributed by atoms with Crippen molar-refractivity contribution in [1.29, 1.82) is 0 Å². The van der Waals surface area contributed by atoms with Gasteiger partial charge in [0.15, 0.2) is 0 Å². The number of benzene rings is 1. The lowest BCUT2D eigenvalue weighted by molar-refractivity contribution is -0.124. The Labute approximate surface area is 139 Å². The molecule has 23 heavy (non-hydrogen) atoms. The van der Waals surface area contributed by atoms with Crippen molar-refractivity contribution in [3.63, 3.8) is 0 Å². The zero-order valence-electron chi connectivity index (χ0n) is 14.6. The van der Waals surface area contributed by atoms with Crippen LogP contribution in [0.3, 0.4) is 0 Å². The number of aryl methyl sites for hydroxylation is 1. The lowest BCUT2D eigenvalue weighted by Crippen LogP contribution is -2.58. The minimum Gasteiger partial charge on any atom is -0.327 e. The Bertz CT molecular complexity index is 584. The molecule has 0 bridgehead atoms. The first kappa shape index (κ1) is 16.5. The number of hydrogen-bond donors (Lipinski definition) is 1. The van der Waals surface area contributed by atoms with Gasteiger partial charge in [0.1, 0.15) is 0 Å². The lowest BCUT2D eigenvalue weighted by Gasteiger charge is -2.45. The third-order valence-corrected chi connectivity index (χ3v) is 5.62. The van der Waals surface area contributed by atoms with E-state index in [1.807, 2.05) is 17.9 Å². The molecule has 1 saturated heterocycles. The van der Waals surface area contributed by atoms with Crippen LogP contribution in [0.4, 0.5) is 5.69 Å². The Morgan fingerprint density at radius 2 is 2.04 bits per heavy atom. The molecule has 1 aromatic rings. The number of carbonyl (C=O) groups is 1. The fourth-order valence-electron chi connectivity index (χ4n) is 3.89. The fraction of sp³-hybridized carbons (Fsp3) is 0.632. The lowest BCUT2D eigenvalue weighted by atomic mass is 9.79. The van der Waals surface area contributed by atoms with Crippen molar-refractivity contribution in [3.8, 4) is 0 Å². The summed E-state index contributed by atoms with van der Waals surface area (Å²) in [4.78, 5) is 17.4. The zero-order valence-corrected chi connectivity index (χ0v) is 14.6. The summed E-state index contributed by atoms with van der Waals surface area (Å²) in [5, 5.41) is 0. The third kappa shape index (κ3) is 3.15. The second kappa shape index (κ2) is 6.25. The summed E-state index contributed by atoms with van der Waals surface area (Å²) in [6.45, 7) is 9.08. The molecule has 1 aromatic carbocycles. The molecular weight excluding hydrogens is 286 g/mol. The van der Waals surface area contributed by atoms with Gasteiger partial charge in [-0.05, 0) is 43.2 Å². The monoisotopic (exact) mass is 315 g/mol. The van der Waals surface area contributed by atoms with Gasteiger partial charge in [0, 0.05) is 31.4 Å². The molecular formula is C19H29N3O. The van der Waals surface area contributed by atoms with Crippen LogP contribution in [0, 0.1) is 5.41 Å². The van der Waals surface area contributed by atoms with E-state index < -0.39 is 0 Å². The highest BCUT2D eigenvalue weighted by Gasteiger charge is 2.38. The number of para-hydroxylation sites is 1. The van der Waals surface area contributed by atoms with Crippen molar-refractivity contribution in [2.75, 3.05) is 24.5 Å². The summed E-state index contributed by atoms with van der Waals surface area (Å²) >= 11 is 0. The van der Waals surface area contributed by atoms with Crippen LogP contribution in [0.25, 0.3) is 0 Å². The van der Waals surface area contributed by atoms with Crippen LogP contribution in [-0.2, 0) is 11.2 Å². The standard InChI is InChI=1S/C19H29N3O/c1-14(21-12-10-17(20)19(2,3)13-21)18(23)22-11-6-8-15-7-4-5-9-16(15)22/h4-5,7,9,14,17H,6,8,10-13,20H2,1-3H3. The van der Waals surface area contributed by atoms with Crippen molar-refractivity contribution in [1.82, 2.24) is 4.90 Å². The van der Waals surface area contributed by atoms with Gasteiger partial charge in [-0.1, -0.05) is 32.0 Å². The molecule has 2 atom stereocenters. The van der Waals surface area contributed by atoms with Gasteiger partial charge in [0.2, 0.25) is 5.91 Å². The van der Waals surface area contributed by atoms with E-state index in [1.165, 1.54) is 5.56 Å². The maximum absolute atomic E-state index is 13.1. The Morgan fingerprint density at radius 3 is 2.78 bits per heavy atom. The number of piperidine rings is 1. The second-order valence-electron chi connectivity index (χ2n) is 7.75. The smallest absolute Gasteiger partial charge is 0.244 e. The number of amides is 1. The average molecular weight is 315 g/mol. The highest BCUT2D eigenvalue weighted by molar-refractivity contribution is 5.98. The third-order valence-electron chi connectivity index (χ3n) is 5.62. The van der Waals surface area contributed by atoms with E-state index >= 15 is 0 Å². The topological polar surface area (TPSA) is 49.6 Å². The van der Waals surface area contributed by atoms with E-state index in [-0.39, 0.29) is 23.4 Å². The highest BCUT2D eigenvalue weighted by Crippen LogP contribution is 2.31. The van der Waals surface area contributed by atoms with E-state index in [2.05, 4.69) is 36.9 Å². The van der Waals surface area contributed by atoms with Crippen LogP contribution in [0.2, 0.25) is 0 Å². The van der Waals surface area contributed by atoms with E-state index in [9.17, 15) is 4.79 Å². The summed E-state index contributed by atoms with van der Waals surface area (Å²) < 4.78 is 0. The first-order chi connectivity index (χ1) is 10.9. The molecule has 0 spiro atoms. The first-order valence-electron chi connectivity index (χ1n) is 8.79. The summed E-state index contributed by atoms with van der Waals surface area (Å²) in [5.41, 5.74) is 8.69. The van der Waals surface area contributed by atoms with Crippen LogP contribution >= 0.6 is 0 Å².